The van der Waals surface area contributed by atoms with Crippen molar-refractivity contribution in [2.75, 3.05) is 11.9 Å². The molecule has 6 nitrogen and oxygen atoms in total. The van der Waals surface area contributed by atoms with Crippen molar-refractivity contribution in [2.24, 2.45) is 0 Å². The molecule has 0 spiro atoms. The Morgan fingerprint density at radius 2 is 1.70 bits per heavy atom. The molecule has 2 aromatic rings. The number of hydrogen-bond donors (Lipinski definition) is 1. The summed E-state index contributed by atoms with van der Waals surface area (Å²) in [7, 11) is 0. The van der Waals surface area contributed by atoms with Gasteiger partial charge in [-0.3, -0.25) is 9.59 Å². The molecule has 0 fully saturated rings. The Labute approximate surface area is 180 Å². The fourth-order valence-electron chi connectivity index (χ4n) is 3.14. The minimum absolute atomic E-state index is 0.0228. The molecular weight excluding hydrogens is 376 g/mol. The van der Waals surface area contributed by atoms with Gasteiger partial charge in [-0.05, 0) is 53.2 Å². The van der Waals surface area contributed by atoms with E-state index in [4.69, 9.17) is 5.10 Å². The summed E-state index contributed by atoms with van der Waals surface area (Å²) in [6, 6.07) is 9.26. The second-order valence-corrected chi connectivity index (χ2v) is 10.1. The molecule has 0 saturated heterocycles. The average molecular weight is 413 g/mol. The number of nitrogens with zero attached hydrogens (tertiary/aromatic N) is 3. The molecular formula is C24H36N4O2. The van der Waals surface area contributed by atoms with Crippen molar-refractivity contribution in [1.82, 2.24) is 14.7 Å². The molecule has 1 N–H and O–H groups in total. The van der Waals surface area contributed by atoms with Crippen molar-refractivity contribution >= 4 is 17.6 Å². The van der Waals surface area contributed by atoms with Crippen LogP contribution < -0.4 is 5.32 Å². The van der Waals surface area contributed by atoms with Gasteiger partial charge < -0.3 is 10.2 Å². The van der Waals surface area contributed by atoms with Crippen molar-refractivity contribution in [3.63, 3.8) is 0 Å². The van der Waals surface area contributed by atoms with Crippen LogP contribution in [0.4, 0.5) is 5.82 Å². The Morgan fingerprint density at radius 1 is 1.10 bits per heavy atom. The van der Waals surface area contributed by atoms with Crippen LogP contribution in [0.5, 0.6) is 0 Å². The first-order valence-electron chi connectivity index (χ1n) is 10.5. The zero-order chi connectivity index (χ0) is 22.9. The van der Waals surface area contributed by atoms with Crippen LogP contribution in [0.15, 0.2) is 30.3 Å². The van der Waals surface area contributed by atoms with Crippen LogP contribution in [0.3, 0.4) is 0 Å². The molecule has 0 aliphatic carbocycles. The van der Waals surface area contributed by atoms with Gasteiger partial charge in [0, 0.05) is 23.1 Å². The molecule has 2 rings (SSSR count). The predicted octanol–water partition coefficient (Wildman–Crippen LogP) is 4.73. The summed E-state index contributed by atoms with van der Waals surface area (Å²) >= 11 is 0. The number of rotatable bonds is 5. The molecule has 1 heterocycles. The molecule has 2 amide bonds. The predicted molar refractivity (Wildman–Crippen MR) is 122 cm³/mol. The second kappa shape index (κ2) is 8.62. The Balaban J connectivity index is 2.27. The van der Waals surface area contributed by atoms with E-state index in [9.17, 15) is 9.59 Å². The van der Waals surface area contributed by atoms with Crippen molar-refractivity contribution < 1.29 is 9.59 Å². The van der Waals surface area contributed by atoms with E-state index in [2.05, 4.69) is 26.1 Å². The third kappa shape index (κ3) is 5.49. The van der Waals surface area contributed by atoms with E-state index in [0.717, 1.165) is 11.3 Å². The van der Waals surface area contributed by atoms with Crippen LogP contribution in [0, 0.1) is 6.92 Å². The smallest absolute Gasteiger partial charge is 0.254 e. The number of aromatic nitrogens is 2. The van der Waals surface area contributed by atoms with Crippen LogP contribution in [0.25, 0.3) is 0 Å². The number of carbonyl (C=O) groups is 2. The lowest BCUT2D eigenvalue weighted by molar-refractivity contribution is -0.117. The SMILES string of the molecule is Cc1ccccc1C(=O)N(CC(=O)Nc1cc(C(C)(C)C)nn1C(C)(C)C)C(C)C. The number of aryl methyl sites for hydroxylation is 1. The molecule has 0 aliphatic rings. The fourth-order valence-corrected chi connectivity index (χ4v) is 3.14. The van der Waals surface area contributed by atoms with Gasteiger partial charge in [0.15, 0.2) is 0 Å². The Kier molecular flexibility index (Phi) is 6.80. The van der Waals surface area contributed by atoms with E-state index in [1.807, 2.05) is 70.5 Å². The van der Waals surface area contributed by atoms with Gasteiger partial charge in [0.1, 0.15) is 12.4 Å². The highest BCUT2D eigenvalue weighted by molar-refractivity contribution is 6.00. The minimum Gasteiger partial charge on any atom is -0.327 e. The highest BCUT2D eigenvalue weighted by Gasteiger charge is 2.27. The van der Waals surface area contributed by atoms with Crippen LogP contribution in [-0.2, 0) is 15.7 Å². The summed E-state index contributed by atoms with van der Waals surface area (Å²) in [4.78, 5) is 27.6. The van der Waals surface area contributed by atoms with Gasteiger partial charge in [0.05, 0.1) is 11.2 Å². The quantitative estimate of drug-likeness (QED) is 0.772. The summed E-state index contributed by atoms with van der Waals surface area (Å²) < 4.78 is 1.84. The first kappa shape index (κ1) is 23.6. The highest BCUT2D eigenvalue weighted by Crippen LogP contribution is 2.28. The van der Waals surface area contributed by atoms with E-state index in [-0.39, 0.29) is 35.4 Å². The van der Waals surface area contributed by atoms with Gasteiger partial charge in [-0.1, -0.05) is 39.0 Å². The third-order valence-corrected chi connectivity index (χ3v) is 4.95. The maximum absolute atomic E-state index is 13.1. The third-order valence-electron chi connectivity index (χ3n) is 4.95. The Bertz CT molecular complexity index is 914. The average Bonchev–Trinajstić information content (AvgIpc) is 3.03. The molecule has 0 bridgehead atoms. The van der Waals surface area contributed by atoms with Crippen molar-refractivity contribution in [3.8, 4) is 0 Å². The number of carbonyl (C=O) groups excluding carboxylic acids is 2. The topological polar surface area (TPSA) is 67.2 Å². The van der Waals surface area contributed by atoms with Crippen LogP contribution in [0.2, 0.25) is 0 Å². The first-order chi connectivity index (χ1) is 13.7. The van der Waals surface area contributed by atoms with E-state index in [1.165, 1.54) is 0 Å². The summed E-state index contributed by atoms with van der Waals surface area (Å²) in [5, 5.41) is 7.72. The lowest BCUT2D eigenvalue weighted by atomic mass is 9.92. The molecule has 0 aliphatic heterocycles. The van der Waals surface area contributed by atoms with Crippen molar-refractivity contribution in [2.45, 2.75) is 79.3 Å². The summed E-state index contributed by atoms with van der Waals surface area (Å²) in [6.07, 6.45) is 0. The van der Waals surface area contributed by atoms with E-state index < -0.39 is 0 Å². The number of benzene rings is 1. The highest BCUT2D eigenvalue weighted by atomic mass is 16.2. The molecule has 1 aromatic carbocycles. The van der Waals surface area contributed by atoms with Gasteiger partial charge >= 0.3 is 0 Å². The van der Waals surface area contributed by atoms with Gasteiger partial charge in [0.2, 0.25) is 5.91 Å². The van der Waals surface area contributed by atoms with Gasteiger partial charge in [0.25, 0.3) is 5.91 Å². The zero-order valence-electron chi connectivity index (χ0n) is 19.8. The molecule has 0 saturated carbocycles. The Hall–Kier alpha value is -2.63. The Morgan fingerprint density at radius 3 is 2.20 bits per heavy atom. The van der Waals surface area contributed by atoms with E-state index in [0.29, 0.717) is 11.4 Å². The second-order valence-electron chi connectivity index (χ2n) is 10.1. The lowest BCUT2D eigenvalue weighted by Crippen LogP contribution is -2.43. The molecule has 1 aromatic heterocycles. The lowest BCUT2D eigenvalue weighted by Gasteiger charge is -2.27. The van der Waals surface area contributed by atoms with E-state index in [1.54, 1.807) is 11.0 Å². The van der Waals surface area contributed by atoms with Gasteiger partial charge in [-0.25, -0.2) is 4.68 Å². The summed E-state index contributed by atoms with van der Waals surface area (Å²) in [5.74, 6) is 0.263. The summed E-state index contributed by atoms with van der Waals surface area (Å²) in [5.41, 5.74) is 1.99. The number of nitrogens with one attached hydrogen (secondary N) is 1. The molecule has 0 radical (unpaired) electrons. The fraction of sp³-hybridized carbons (Fsp3) is 0.542. The van der Waals surface area contributed by atoms with Gasteiger partial charge in [-0.15, -0.1) is 0 Å². The standard InChI is InChI=1S/C24H36N4O2/c1-16(2)27(22(30)18-13-11-10-12-17(18)3)15-21(29)25-20-14-19(23(4,5)6)26-28(20)24(7,8)9/h10-14,16H,15H2,1-9H3,(H,25,29). The van der Waals surface area contributed by atoms with E-state index >= 15 is 0 Å². The largest absolute Gasteiger partial charge is 0.327 e. The molecule has 0 atom stereocenters. The van der Waals surface area contributed by atoms with Crippen LogP contribution in [0.1, 0.15) is 77.0 Å². The number of hydrogen-bond acceptors (Lipinski definition) is 3. The maximum Gasteiger partial charge on any atom is 0.254 e. The van der Waals surface area contributed by atoms with Gasteiger partial charge in [-0.2, -0.15) is 5.10 Å². The maximum atomic E-state index is 13.1. The minimum atomic E-state index is -0.291. The summed E-state index contributed by atoms with van der Waals surface area (Å²) in [6.45, 7) is 18.1. The number of anilines is 1. The van der Waals surface area contributed by atoms with Crippen molar-refractivity contribution in [3.05, 3.63) is 47.2 Å². The monoisotopic (exact) mass is 412 g/mol. The zero-order valence-corrected chi connectivity index (χ0v) is 19.8. The van der Waals surface area contributed by atoms with Crippen LogP contribution in [-0.4, -0.2) is 39.1 Å². The number of amides is 2. The first-order valence-corrected chi connectivity index (χ1v) is 10.5. The van der Waals surface area contributed by atoms with Crippen molar-refractivity contribution in [1.29, 1.82) is 0 Å². The molecule has 0 unspecified atom stereocenters. The normalized spacial score (nSPS) is 12.2. The molecule has 164 valence electrons. The molecule has 30 heavy (non-hydrogen) atoms. The van der Waals surface area contributed by atoms with Crippen LogP contribution >= 0.6 is 0 Å². The molecule has 6 heteroatoms.